The van der Waals surface area contributed by atoms with E-state index in [0.717, 1.165) is 20.5 Å². The van der Waals surface area contributed by atoms with Crippen LogP contribution in [-0.2, 0) is 14.3 Å². The van der Waals surface area contributed by atoms with Crippen LogP contribution < -0.4 is 0 Å². The molecule has 0 aromatic rings. The maximum absolute atomic E-state index is 11.3. The number of ether oxygens (including phenoxy) is 1. The average molecular weight is 365 g/mol. The van der Waals surface area contributed by atoms with Gasteiger partial charge in [-0.3, -0.25) is 9.59 Å². The Bertz CT molecular complexity index is 355. The van der Waals surface area contributed by atoms with Crippen LogP contribution in [-0.4, -0.2) is 22.0 Å². The number of halogens is 1. The highest BCUT2D eigenvalue weighted by Crippen LogP contribution is 2.37. The van der Waals surface area contributed by atoms with Crippen molar-refractivity contribution in [3.63, 3.8) is 0 Å². The number of cyclic esters (lactones) is 2. The van der Waals surface area contributed by atoms with E-state index < -0.39 is 11.9 Å². The van der Waals surface area contributed by atoms with Crippen LogP contribution in [0.25, 0.3) is 0 Å². The van der Waals surface area contributed by atoms with Gasteiger partial charge in [-0.25, -0.2) is 0 Å². The van der Waals surface area contributed by atoms with Gasteiger partial charge in [0.25, 0.3) is 0 Å². The SMILES string of the molecule is C/C(=C\C1CC(=O)OC1=O)CC(C)(C)P[B]I. The molecule has 1 saturated heterocycles. The molecule has 1 aliphatic heterocycles. The van der Waals surface area contributed by atoms with Gasteiger partial charge in [-0.05, 0) is 18.5 Å². The monoisotopic (exact) mass is 365 g/mol. The van der Waals surface area contributed by atoms with Crippen LogP contribution >= 0.6 is 30.8 Å². The zero-order valence-corrected chi connectivity index (χ0v) is 13.4. The Labute approximate surface area is 118 Å². The third-order valence-electron chi connectivity index (χ3n) is 2.56. The molecule has 0 bridgehead atoms. The third kappa shape index (κ3) is 5.08. The van der Waals surface area contributed by atoms with Crippen molar-refractivity contribution < 1.29 is 14.3 Å². The zero-order valence-electron chi connectivity index (χ0n) is 10.2. The summed E-state index contributed by atoms with van der Waals surface area (Å²) in [5, 5.41) is 0.217. The smallest absolute Gasteiger partial charge is 0.321 e. The van der Waals surface area contributed by atoms with Crippen LogP contribution in [0.5, 0.6) is 0 Å². The third-order valence-corrected chi connectivity index (χ3v) is 4.56. The van der Waals surface area contributed by atoms with E-state index in [1.165, 1.54) is 0 Å². The number of esters is 2. The second kappa shape index (κ2) is 6.32. The van der Waals surface area contributed by atoms with Crippen LogP contribution in [0.2, 0.25) is 0 Å². The molecule has 0 saturated carbocycles. The van der Waals surface area contributed by atoms with Crippen LogP contribution in [0.4, 0.5) is 0 Å². The van der Waals surface area contributed by atoms with E-state index in [9.17, 15) is 9.59 Å². The molecular weight excluding hydrogens is 349 g/mol. The fourth-order valence-electron chi connectivity index (χ4n) is 1.92. The topological polar surface area (TPSA) is 43.4 Å². The van der Waals surface area contributed by atoms with E-state index in [-0.39, 0.29) is 17.5 Å². The molecule has 1 aliphatic rings. The van der Waals surface area contributed by atoms with Crippen molar-refractivity contribution in [1.82, 2.24) is 0 Å². The molecule has 6 heteroatoms. The first-order valence-electron chi connectivity index (χ1n) is 5.45. The van der Waals surface area contributed by atoms with Crippen molar-refractivity contribution in [1.29, 1.82) is 0 Å². The summed E-state index contributed by atoms with van der Waals surface area (Å²) in [5.74, 6) is -1.19. The summed E-state index contributed by atoms with van der Waals surface area (Å²) in [5.41, 5.74) is 1.15. The van der Waals surface area contributed by atoms with Gasteiger partial charge >= 0.3 is 11.9 Å². The van der Waals surface area contributed by atoms with Gasteiger partial charge in [-0.1, -0.05) is 25.5 Å². The average Bonchev–Trinajstić information content (AvgIpc) is 2.43. The predicted molar refractivity (Wildman–Crippen MR) is 79.7 cm³/mol. The summed E-state index contributed by atoms with van der Waals surface area (Å²) in [7, 11) is 0.775. The molecule has 93 valence electrons. The molecule has 1 fully saturated rings. The van der Waals surface area contributed by atoms with Gasteiger partial charge in [0.1, 0.15) is 0 Å². The fraction of sp³-hybridized carbons (Fsp3) is 0.636. The lowest BCUT2D eigenvalue weighted by Gasteiger charge is -2.24. The van der Waals surface area contributed by atoms with E-state index in [4.69, 9.17) is 0 Å². The van der Waals surface area contributed by atoms with Crippen LogP contribution in [0.1, 0.15) is 33.6 Å². The van der Waals surface area contributed by atoms with Gasteiger partial charge in [0.15, 0.2) is 0 Å². The zero-order chi connectivity index (χ0) is 13.1. The van der Waals surface area contributed by atoms with E-state index in [2.05, 4.69) is 45.8 Å². The van der Waals surface area contributed by atoms with Crippen molar-refractivity contribution in [2.45, 2.75) is 38.8 Å². The Kier molecular flexibility index (Phi) is 5.64. The lowest BCUT2D eigenvalue weighted by Crippen LogP contribution is -2.14. The molecule has 1 heterocycles. The van der Waals surface area contributed by atoms with Crippen molar-refractivity contribution in [3.05, 3.63) is 11.6 Å². The molecule has 2 atom stereocenters. The minimum atomic E-state index is -0.411. The summed E-state index contributed by atoms with van der Waals surface area (Å²) in [6, 6.07) is 0. The van der Waals surface area contributed by atoms with Crippen molar-refractivity contribution >= 4 is 47.6 Å². The van der Waals surface area contributed by atoms with Gasteiger partial charge < -0.3 is 4.74 Å². The largest absolute Gasteiger partial charge is 0.393 e. The maximum atomic E-state index is 11.3. The molecule has 0 aromatic carbocycles. The molecule has 0 amide bonds. The van der Waals surface area contributed by atoms with Crippen molar-refractivity contribution in [2.24, 2.45) is 5.92 Å². The standard InChI is InChI=1S/C11H16BIO3P/c1-7(6-11(2,3)17-12-13)4-8-5-9(14)16-10(8)15/h4,8,17H,5-6H2,1-3H3/b7-4+. The Hall–Kier alpha value is 0.105. The highest BCUT2D eigenvalue weighted by molar-refractivity contribution is 14.1. The minimum absolute atomic E-state index is 0.192. The van der Waals surface area contributed by atoms with Crippen molar-refractivity contribution in [2.75, 3.05) is 0 Å². The number of hydrogen-bond donors (Lipinski definition) is 0. The van der Waals surface area contributed by atoms with Gasteiger partial charge in [0, 0.05) is 0 Å². The van der Waals surface area contributed by atoms with E-state index in [0.29, 0.717) is 0 Å². The van der Waals surface area contributed by atoms with Crippen molar-refractivity contribution in [3.8, 4) is 0 Å². The van der Waals surface area contributed by atoms with Crippen LogP contribution in [0, 0.1) is 5.92 Å². The maximum Gasteiger partial charge on any atom is 0.321 e. The molecule has 0 N–H and O–H groups in total. The second-order valence-electron chi connectivity index (χ2n) is 4.93. The van der Waals surface area contributed by atoms with E-state index in [1.54, 1.807) is 0 Å². The van der Waals surface area contributed by atoms with Gasteiger partial charge in [-0.2, -0.15) is 22.4 Å². The lowest BCUT2D eigenvalue weighted by molar-refractivity contribution is -0.152. The normalized spacial score (nSPS) is 22.4. The van der Waals surface area contributed by atoms with Gasteiger partial charge in [-0.15, -0.1) is 8.46 Å². The summed E-state index contributed by atoms with van der Waals surface area (Å²) >= 11 is 2.26. The Morgan fingerprint density at radius 3 is 2.76 bits per heavy atom. The first-order valence-corrected chi connectivity index (χ1v) is 7.78. The van der Waals surface area contributed by atoms with E-state index in [1.807, 2.05) is 13.0 Å². The molecular formula is C11H16BIO3P. The van der Waals surface area contributed by atoms with Crippen LogP contribution in [0.15, 0.2) is 11.6 Å². The molecule has 0 aliphatic carbocycles. The number of rotatable bonds is 5. The highest BCUT2D eigenvalue weighted by atomic mass is 127. The molecule has 2 unspecified atom stereocenters. The summed E-state index contributed by atoms with van der Waals surface area (Å²) in [6.45, 7) is 6.42. The minimum Gasteiger partial charge on any atom is -0.393 e. The Morgan fingerprint density at radius 2 is 2.29 bits per heavy atom. The number of carbonyl (C=O) groups excluding carboxylic acids is 2. The number of hydrogen-bond acceptors (Lipinski definition) is 3. The first-order chi connectivity index (χ1) is 7.84. The molecule has 3 nitrogen and oxygen atoms in total. The molecule has 0 spiro atoms. The predicted octanol–water partition coefficient (Wildman–Crippen LogP) is 2.84. The molecule has 1 radical (unpaired) electrons. The van der Waals surface area contributed by atoms with Crippen LogP contribution in [0.3, 0.4) is 0 Å². The number of allylic oxidation sites excluding steroid dienone is 1. The number of carbonyl (C=O) groups is 2. The van der Waals surface area contributed by atoms with Gasteiger partial charge in [0.2, 0.25) is 4.86 Å². The summed E-state index contributed by atoms with van der Waals surface area (Å²) < 4.78 is 4.52. The molecule has 1 rings (SSSR count). The Balaban J connectivity index is 2.60. The summed E-state index contributed by atoms with van der Waals surface area (Å²) in [4.78, 5) is 24.4. The molecule has 0 aromatic heterocycles. The first kappa shape index (κ1) is 15.2. The lowest BCUT2D eigenvalue weighted by atomic mass is 9.98. The fourth-order valence-corrected chi connectivity index (χ4v) is 5.12. The Morgan fingerprint density at radius 1 is 1.65 bits per heavy atom. The van der Waals surface area contributed by atoms with E-state index >= 15 is 0 Å². The second-order valence-corrected chi connectivity index (χ2v) is 8.66. The summed E-state index contributed by atoms with van der Waals surface area (Å²) in [6.07, 6.45) is 3.01. The quantitative estimate of drug-likeness (QED) is 0.188. The molecule has 17 heavy (non-hydrogen) atoms. The highest BCUT2D eigenvalue weighted by Gasteiger charge is 2.32. The van der Waals surface area contributed by atoms with Gasteiger partial charge in [0.05, 0.1) is 12.3 Å².